The molecule has 0 N–H and O–H groups in total. The van der Waals surface area contributed by atoms with E-state index in [1.54, 1.807) is 13.8 Å². The molecule has 1 aliphatic heterocycles. The summed E-state index contributed by atoms with van der Waals surface area (Å²) in [5.41, 5.74) is 0. The fourth-order valence-electron chi connectivity index (χ4n) is 1.69. The lowest BCUT2D eigenvalue weighted by Crippen LogP contribution is -2.52. The fraction of sp³-hybridized carbons (Fsp3) is 1.00. The molecule has 0 aromatic rings. The van der Waals surface area contributed by atoms with Gasteiger partial charge in [-0.2, -0.15) is 17.5 Å². The Morgan fingerprint density at radius 2 is 1.59 bits per heavy atom. The largest absolute Gasteiger partial charge is 0.401 e. The second-order valence-corrected chi connectivity index (χ2v) is 6.87. The van der Waals surface area contributed by atoms with Gasteiger partial charge in [0.05, 0.1) is 11.8 Å². The van der Waals surface area contributed by atoms with E-state index in [-0.39, 0.29) is 26.2 Å². The van der Waals surface area contributed by atoms with E-state index in [1.807, 2.05) is 0 Å². The van der Waals surface area contributed by atoms with Crippen LogP contribution in [0.3, 0.4) is 0 Å². The van der Waals surface area contributed by atoms with Crippen molar-refractivity contribution in [1.29, 1.82) is 0 Å². The fourth-order valence-corrected chi connectivity index (χ4v) is 2.96. The second-order valence-electron chi connectivity index (χ2n) is 4.38. The molecule has 0 aliphatic carbocycles. The molecule has 102 valence electrons. The van der Waals surface area contributed by atoms with Crippen LogP contribution in [0.15, 0.2) is 0 Å². The predicted octanol–water partition coefficient (Wildman–Crippen LogP) is 0.905. The number of piperazine rings is 1. The van der Waals surface area contributed by atoms with E-state index in [2.05, 4.69) is 0 Å². The summed E-state index contributed by atoms with van der Waals surface area (Å²) < 4.78 is 61.2. The average Bonchev–Trinajstić information content (AvgIpc) is 2.15. The molecule has 0 radical (unpaired) electrons. The lowest BCUT2D eigenvalue weighted by molar-refractivity contribution is -0.148. The van der Waals surface area contributed by atoms with Gasteiger partial charge in [0, 0.05) is 26.2 Å². The Bertz CT molecular complexity index is 346. The number of hydrogen-bond acceptors (Lipinski definition) is 3. The molecule has 0 atom stereocenters. The molecule has 4 nitrogen and oxygen atoms in total. The molecule has 17 heavy (non-hydrogen) atoms. The van der Waals surface area contributed by atoms with Crippen LogP contribution in [0, 0.1) is 0 Å². The van der Waals surface area contributed by atoms with Crippen molar-refractivity contribution < 1.29 is 21.6 Å². The zero-order valence-electron chi connectivity index (χ0n) is 9.87. The van der Waals surface area contributed by atoms with Gasteiger partial charge in [0.25, 0.3) is 0 Å². The zero-order valence-corrected chi connectivity index (χ0v) is 10.7. The molecule has 1 fully saturated rings. The molecule has 0 aromatic carbocycles. The number of rotatable bonds is 3. The summed E-state index contributed by atoms with van der Waals surface area (Å²) in [7, 11) is -3.34. The Kier molecular flexibility index (Phi) is 4.43. The van der Waals surface area contributed by atoms with E-state index < -0.39 is 28.0 Å². The Labute approximate surface area is 99.4 Å². The minimum absolute atomic E-state index is 0.130. The monoisotopic (exact) mass is 274 g/mol. The number of sulfonamides is 1. The van der Waals surface area contributed by atoms with E-state index in [0.717, 1.165) is 0 Å². The Morgan fingerprint density at radius 1 is 1.12 bits per heavy atom. The van der Waals surface area contributed by atoms with Crippen LogP contribution < -0.4 is 0 Å². The lowest BCUT2D eigenvalue weighted by atomic mass is 10.3. The summed E-state index contributed by atoms with van der Waals surface area (Å²) in [5, 5.41) is -0.531. The molecule has 1 heterocycles. The molecule has 0 bridgehead atoms. The summed E-state index contributed by atoms with van der Waals surface area (Å²) in [6, 6.07) is 0. The summed E-state index contributed by atoms with van der Waals surface area (Å²) >= 11 is 0. The van der Waals surface area contributed by atoms with E-state index in [9.17, 15) is 21.6 Å². The summed E-state index contributed by atoms with van der Waals surface area (Å²) in [5.74, 6) is 0. The first-order valence-corrected chi connectivity index (χ1v) is 6.91. The molecule has 0 spiro atoms. The zero-order chi connectivity index (χ0) is 13.3. The summed E-state index contributed by atoms with van der Waals surface area (Å²) in [6.07, 6.45) is -4.22. The predicted molar refractivity (Wildman–Crippen MR) is 58.1 cm³/mol. The van der Waals surface area contributed by atoms with E-state index in [0.29, 0.717) is 0 Å². The van der Waals surface area contributed by atoms with Gasteiger partial charge in [-0.3, -0.25) is 4.90 Å². The van der Waals surface area contributed by atoms with Gasteiger partial charge in [-0.25, -0.2) is 8.42 Å². The van der Waals surface area contributed by atoms with E-state index in [4.69, 9.17) is 0 Å². The van der Waals surface area contributed by atoms with Crippen LogP contribution in [-0.2, 0) is 10.0 Å². The third kappa shape index (κ3) is 4.11. The Hall–Kier alpha value is -0.340. The maximum atomic E-state index is 12.1. The van der Waals surface area contributed by atoms with Crippen molar-refractivity contribution in [3.8, 4) is 0 Å². The maximum absolute atomic E-state index is 12.1. The van der Waals surface area contributed by atoms with Gasteiger partial charge < -0.3 is 0 Å². The second kappa shape index (κ2) is 5.11. The van der Waals surface area contributed by atoms with Crippen LogP contribution in [0.1, 0.15) is 13.8 Å². The first-order valence-electron chi connectivity index (χ1n) is 5.41. The summed E-state index contributed by atoms with van der Waals surface area (Å²) in [6.45, 7) is 2.70. The van der Waals surface area contributed by atoms with Gasteiger partial charge >= 0.3 is 6.18 Å². The van der Waals surface area contributed by atoms with Crippen LogP contribution in [0.2, 0.25) is 0 Å². The Balaban J connectivity index is 2.52. The summed E-state index contributed by atoms with van der Waals surface area (Å²) in [4.78, 5) is 1.23. The van der Waals surface area contributed by atoms with Gasteiger partial charge in [-0.15, -0.1) is 0 Å². The molecule has 0 amide bonds. The van der Waals surface area contributed by atoms with Crippen molar-refractivity contribution in [1.82, 2.24) is 9.21 Å². The molecule has 1 aliphatic rings. The molecule has 8 heteroatoms. The lowest BCUT2D eigenvalue weighted by Gasteiger charge is -2.35. The number of alkyl halides is 3. The molecule has 0 aromatic heterocycles. The third-order valence-corrected chi connectivity index (χ3v) is 4.97. The number of hydrogen-bond donors (Lipinski definition) is 0. The van der Waals surface area contributed by atoms with Gasteiger partial charge in [0.2, 0.25) is 10.0 Å². The molecule has 1 saturated heterocycles. The minimum Gasteiger partial charge on any atom is -0.292 e. The van der Waals surface area contributed by atoms with Crippen molar-refractivity contribution in [3.05, 3.63) is 0 Å². The van der Waals surface area contributed by atoms with Crippen LogP contribution in [-0.4, -0.2) is 61.8 Å². The highest BCUT2D eigenvalue weighted by Gasteiger charge is 2.34. The smallest absolute Gasteiger partial charge is 0.292 e. The van der Waals surface area contributed by atoms with E-state index in [1.165, 1.54) is 9.21 Å². The first kappa shape index (κ1) is 14.7. The Morgan fingerprint density at radius 3 is 1.94 bits per heavy atom. The minimum atomic E-state index is -4.22. The first-order chi connectivity index (χ1) is 7.63. The highest BCUT2D eigenvalue weighted by molar-refractivity contribution is 7.89. The van der Waals surface area contributed by atoms with Crippen molar-refractivity contribution >= 4 is 10.0 Å². The number of nitrogens with zero attached hydrogens (tertiary/aromatic N) is 2. The van der Waals surface area contributed by atoms with Crippen molar-refractivity contribution in [2.24, 2.45) is 0 Å². The highest BCUT2D eigenvalue weighted by Crippen LogP contribution is 2.19. The van der Waals surface area contributed by atoms with Gasteiger partial charge in [-0.1, -0.05) is 0 Å². The quantitative estimate of drug-likeness (QED) is 0.768. The van der Waals surface area contributed by atoms with Crippen LogP contribution in [0.25, 0.3) is 0 Å². The van der Waals surface area contributed by atoms with Gasteiger partial charge in [0.15, 0.2) is 0 Å². The van der Waals surface area contributed by atoms with Crippen LogP contribution in [0.5, 0.6) is 0 Å². The molecular weight excluding hydrogens is 257 g/mol. The van der Waals surface area contributed by atoms with Crippen LogP contribution in [0.4, 0.5) is 13.2 Å². The van der Waals surface area contributed by atoms with Crippen molar-refractivity contribution in [2.45, 2.75) is 25.3 Å². The molecular formula is C9H17F3N2O2S. The van der Waals surface area contributed by atoms with Crippen molar-refractivity contribution in [2.75, 3.05) is 32.7 Å². The number of halogens is 3. The van der Waals surface area contributed by atoms with E-state index >= 15 is 0 Å². The topological polar surface area (TPSA) is 40.6 Å². The molecule has 0 unspecified atom stereocenters. The van der Waals surface area contributed by atoms with Gasteiger partial charge in [-0.05, 0) is 13.8 Å². The highest BCUT2D eigenvalue weighted by atomic mass is 32.2. The SMILES string of the molecule is CC(C)S(=O)(=O)N1CCN(CC(F)(F)F)CC1. The standard InChI is InChI=1S/C9H17F3N2O2S/c1-8(2)17(15,16)14-5-3-13(4-6-14)7-9(10,11)12/h8H,3-7H2,1-2H3. The van der Waals surface area contributed by atoms with Crippen LogP contribution >= 0.6 is 0 Å². The normalized spacial score (nSPS) is 21.1. The van der Waals surface area contributed by atoms with Gasteiger partial charge in [0.1, 0.15) is 0 Å². The molecule has 1 rings (SSSR count). The van der Waals surface area contributed by atoms with Crippen molar-refractivity contribution in [3.63, 3.8) is 0 Å². The maximum Gasteiger partial charge on any atom is 0.401 e. The molecule has 0 saturated carbocycles. The average molecular weight is 274 g/mol. The third-order valence-electron chi connectivity index (χ3n) is 2.69.